The molecule has 0 spiro atoms. The van der Waals surface area contributed by atoms with Gasteiger partial charge in [0, 0.05) is 32.2 Å². The van der Waals surface area contributed by atoms with Crippen LogP contribution in [0.4, 0.5) is 0 Å². The summed E-state index contributed by atoms with van der Waals surface area (Å²) in [5.41, 5.74) is 0.891. The molecule has 0 saturated carbocycles. The number of ether oxygens (including phenoxy) is 1. The van der Waals surface area contributed by atoms with Gasteiger partial charge >= 0.3 is 0 Å². The third kappa shape index (κ3) is 4.19. The fraction of sp³-hybridized carbons (Fsp3) is 0.550. The molecule has 2 aromatic rings. The quantitative estimate of drug-likeness (QED) is 0.707. The molecule has 146 valence electrons. The van der Waals surface area contributed by atoms with Gasteiger partial charge in [0.05, 0.1) is 0 Å². The molecule has 0 bridgehead atoms. The first-order valence-electron chi connectivity index (χ1n) is 9.42. The molecule has 6 nitrogen and oxygen atoms in total. The van der Waals surface area contributed by atoms with Crippen LogP contribution in [0, 0.1) is 0 Å². The standard InChI is InChI=1S/C20H28N4O2S/c1-14(2)24-18(21-22-20(24)27-4)16-11-8-12-23(13-16)19(25)17(26-3)15-9-6-5-7-10-15/h5-7,9-10,14,16-17H,8,11-13H2,1-4H3/t16-,17+/m0/s1. The van der Waals surface area contributed by atoms with Gasteiger partial charge in [0.2, 0.25) is 0 Å². The van der Waals surface area contributed by atoms with E-state index in [0.717, 1.165) is 35.9 Å². The number of rotatable bonds is 6. The van der Waals surface area contributed by atoms with Crippen molar-refractivity contribution in [1.29, 1.82) is 0 Å². The molecule has 7 heteroatoms. The summed E-state index contributed by atoms with van der Waals surface area (Å²) in [5, 5.41) is 9.75. The number of carbonyl (C=O) groups excluding carboxylic acids is 1. The molecule has 1 saturated heterocycles. The van der Waals surface area contributed by atoms with Crippen LogP contribution >= 0.6 is 11.8 Å². The predicted molar refractivity (Wildman–Crippen MR) is 107 cm³/mol. The average Bonchev–Trinajstić information content (AvgIpc) is 3.14. The van der Waals surface area contributed by atoms with Crippen LogP contribution in [0.25, 0.3) is 0 Å². The first kappa shape index (κ1) is 19.9. The summed E-state index contributed by atoms with van der Waals surface area (Å²) in [4.78, 5) is 15.1. The SMILES string of the molecule is CO[C@@H](C(=O)N1CCC[C@H](c2nnc(SC)n2C(C)C)C1)c1ccccc1. The van der Waals surface area contributed by atoms with E-state index in [2.05, 4.69) is 28.6 Å². The molecular formula is C20H28N4O2S. The van der Waals surface area contributed by atoms with E-state index in [1.807, 2.05) is 41.5 Å². The highest BCUT2D eigenvalue weighted by molar-refractivity contribution is 7.98. The van der Waals surface area contributed by atoms with Crippen LogP contribution in [0.5, 0.6) is 0 Å². The zero-order valence-corrected chi connectivity index (χ0v) is 17.3. The summed E-state index contributed by atoms with van der Waals surface area (Å²) in [6.07, 6.45) is 3.44. The van der Waals surface area contributed by atoms with Crippen LogP contribution in [-0.4, -0.2) is 52.0 Å². The largest absolute Gasteiger partial charge is 0.367 e. The molecule has 27 heavy (non-hydrogen) atoms. The highest BCUT2D eigenvalue weighted by Gasteiger charge is 2.33. The van der Waals surface area contributed by atoms with Crippen molar-refractivity contribution in [3.05, 3.63) is 41.7 Å². The van der Waals surface area contributed by atoms with E-state index in [1.165, 1.54) is 0 Å². The Morgan fingerprint density at radius 1 is 1.26 bits per heavy atom. The zero-order valence-electron chi connectivity index (χ0n) is 16.5. The highest BCUT2D eigenvalue weighted by atomic mass is 32.2. The van der Waals surface area contributed by atoms with Crippen LogP contribution in [-0.2, 0) is 9.53 Å². The number of amides is 1. The fourth-order valence-electron chi connectivity index (χ4n) is 3.75. The number of thioether (sulfide) groups is 1. The number of nitrogens with zero attached hydrogens (tertiary/aromatic N) is 4. The van der Waals surface area contributed by atoms with Gasteiger partial charge in [-0.05, 0) is 38.5 Å². The van der Waals surface area contributed by atoms with Gasteiger partial charge in [0.25, 0.3) is 5.91 Å². The van der Waals surface area contributed by atoms with Crippen molar-refractivity contribution in [1.82, 2.24) is 19.7 Å². The molecule has 1 fully saturated rings. The molecule has 0 N–H and O–H groups in total. The Bertz CT molecular complexity index is 763. The number of hydrogen-bond acceptors (Lipinski definition) is 5. The number of benzene rings is 1. The maximum absolute atomic E-state index is 13.1. The van der Waals surface area contributed by atoms with Crippen molar-refractivity contribution >= 4 is 17.7 Å². The number of piperidine rings is 1. The second-order valence-electron chi connectivity index (χ2n) is 7.16. The van der Waals surface area contributed by atoms with Crippen molar-refractivity contribution in [2.45, 2.75) is 49.9 Å². The number of methoxy groups -OCH3 is 1. The first-order valence-corrected chi connectivity index (χ1v) is 10.6. The lowest BCUT2D eigenvalue weighted by atomic mass is 9.96. The summed E-state index contributed by atoms with van der Waals surface area (Å²) in [6.45, 7) is 5.71. The van der Waals surface area contributed by atoms with Crippen molar-refractivity contribution in [3.8, 4) is 0 Å². The van der Waals surface area contributed by atoms with Crippen molar-refractivity contribution in [2.24, 2.45) is 0 Å². The number of hydrogen-bond donors (Lipinski definition) is 0. The van der Waals surface area contributed by atoms with Gasteiger partial charge in [0.1, 0.15) is 5.82 Å². The Labute approximate surface area is 165 Å². The molecule has 2 heterocycles. The molecule has 1 aliphatic heterocycles. The molecule has 0 radical (unpaired) electrons. The van der Waals surface area contributed by atoms with Gasteiger partial charge < -0.3 is 14.2 Å². The van der Waals surface area contributed by atoms with Crippen LogP contribution in [0.1, 0.15) is 56.1 Å². The summed E-state index contributed by atoms with van der Waals surface area (Å²) in [7, 11) is 1.59. The predicted octanol–water partition coefficient (Wildman–Crippen LogP) is 3.67. The maximum atomic E-state index is 13.1. The molecule has 1 aliphatic rings. The normalized spacial score (nSPS) is 18.7. The van der Waals surface area contributed by atoms with Crippen LogP contribution in [0.2, 0.25) is 0 Å². The smallest absolute Gasteiger partial charge is 0.256 e. The second kappa shape index (κ2) is 8.89. The third-order valence-corrected chi connectivity index (χ3v) is 5.69. The minimum Gasteiger partial charge on any atom is -0.367 e. The van der Waals surface area contributed by atoms with Crippen molar-refractivity contribution in [2.75, 3.05) is 26.5 Å². The minimum atomic E-state index is -0.560. The van der Waals surface area contributed by atoms with Crippen LogP contribution in [0.15, 0.2) is 35.5 Å². The first-order chi connectivity index (χ1) is 13.1. The molecule has 0 unspecified atom stereocenters. The Morgan fingerprint density at radius 3 is 2.63 bits per heavy atom. The lowest BCUT2D eigenvalue weighted by Crippen LogP contribution is -2.42. The summed E-state index contributed by atoms with van der Waals surface area (Å²) >= 11 is 1.61. The monoisotopic (exact) mass is 388 g/mol. The van der Waals surface area contributed by atoms with E-state index in [9.17, 15) is 4.79 Å². The van der Waals surface area contributed by atoms with E-state index in [1.54, 1.807) is 18.9 Å². The van der Waals surface area contributed by atoms with E-state index < -0.39 is 6.10 Å². The Kier molecular flexibility index (Phi) is 6.55. The van der Waals surface area contributed by atoms with Gasteiger partial charge in [-0.3, -0.25) is 4.79 Å². The average molecular weight is 389 g/mol. The maximum Gasteiger partial charge on any atom is 0.256 e. The van der Waals surface area contributed by atoms with Crippen molar-refractivity contribution in [3.63, 3.8) is 0 Å². The van der Waals surface area contributed by atoms with Crippen LogP contribution in [0.3, 0.4) is 0 Å². The molecule has 1 aromatic carbocycles. The molecule has 3 rings (SSSR count). The minimum absolute atomic E-state index is 0.0223. The van der Waals surface area contributed by atoms with E-state index in [-0.39, 0.29) is 11.8 Å². The van der Waals surface area contributed by atoms with Crippen molar-refractivity contribution < 1.29 is 9.53 Å². The van der Waals surface area contributed by atoms with Crippen LogP contribution < -0.4 is 0 Å². The van der Waals surface area contributed by atoms with E-state index >= 15 is 0 Å². The zero-order chi connectivity index (χ0) is 19.4. The Hall–Kier alpha value is -1.86. The third-order valence-electron chi connectivity index (χ3n) is 5.05. The van der Waals surface area contributed by atoms with Gasteiger partial charge in [0.15, 0.2) is 11.3 Å². The highest BCUT2D eigenvalue weighted by Crippen LogP contribution is 2.31. The molecular weight excluding hydrogens is 360 g/mol. The van der Waals surface area contributed by atoms with E-state index in [4.69, 9.17) is 4.74 Å². The number of likely N-dealkylation sites (tertiary alicyclic amines) is 1. The Balaban J connectivity index is 1.80. The number of carbonyl (C=O) groups is 1. The number of aromatic nitrogens is 3. The summed E-state index contributed by atoms with van der Waals surface area (Å²) < 4.78 is 7.75. The molecule has 1 aromatic heterocycles. The molecule has 1 amide bonds. The van der Waals surface area contributed by atoms with Gasteiger partial charge in [-0.1, -0.05) is 42.1 Å². The molecule has 0 aliphatic carbocycles. The summed E-state index contributed by atoms with van der Waals surface area (Å²) in [6, 6.07) is 9.98. The lowest BCUT2D eigenvalue weighted by Gasteiger charge is -2.34. The van der Waals surface area contributed by atoms with E-state index in [0.29, 0.717) is 12.6 Å². The Morgan fingerprint density at radius 2 is 2.00 bits per heavy atom. The fourth-order valence-corrected chi connectivity index (χ4v) is 4.38. The van der Waals surface area contributed by atoms with Gasteiger partial charge in [-0.25, -0.2) is 0 Å². The summed E-state index contributed by atoms with van der Waals surface area (Å²) in [5.74, 6) is 1.21. The van der Waals surface area contributed by atoms with Gasteiger partial charge in [-0.15, -0.1) is 10.2 Å². The lowest BCUT2D eigenvalue weighted by molar-refractivity contribution is -0.143. The second-order valence-corrected chi connectivity index (χ2v) is 7.93. The molecule has 2 atom stereocenters. The van der Waals surface area contributed by atoms with Gasteiger partial charge in [-0.2, -0.15) is 0 Å². The topological polar surface area (TPSA) is 60.2 Å².